The number of amides is 1. The standard InChI is InChI=1S/C25H23NO7/c1-4-13(11-27)5-6-26-23-15-8-20-21(33-12-32-20)9-16(15)24(28)22(23)14-7-18(30-2)19(31-3)10-17(14)25(26)29/h4,7-11,22-23H,5-6,12H2,1-3H3/b13-4-/t22-,23-/m1/s1. The molecule has 2 aliphatic heterocycles. The van der Waals surface area contributed by atoms with Gasteiger partial charge in [0.2, 0.25) is 6.79 Å². The summed E-state index contributed by atoms with van der Waals surface area (Å²) in [5.74, 6) is 0.992. The highest BCUT2D eigenvalue weighted by Gasteiger charge is 2.51. The summed E-state index contributed by atoms with van der Waals surface area (Å²) < 4.78 is 21.9. The maximum atomic E-state index is 13.7. The van der Waals surface area contributed by atoms with Gasteiger partial charge in [-0.25, -0.2) is 0 Å². The molecule has 8 nitrogen and oxygen atoms in total. The van der Waals surface area contributed by atoms with Crippen molar-refractivity contribution in [3.05, 3.63) is 58.2 Å². The molecule has 1 amide bonds. The van der Waals surface area contributed by atoms with Gasteiger partial charge >= 0.3 is 0 Å². The molecule has 0 saturated heterocycles. The Morgan fingerprint density at radius 1 is 1.03 bits per heavy atom. The van der Waals surface area contributed by atoms with Crippen molar-refractivity contribution in [1.29, 1.82) is 0 Å². The molecule has 2 aromatic rings. The third-order valence-corrected chi connectivity index (χ3v) is 6.61. The van der Waals surface area contributed by atoms with Crippen LogP contribution in [0.1, 0.15) is 57.1 Å². The first kappa shape index (κ1) is 21.1. The monoisotopic (exact) mass is 449 g/mol. The van der Waals surface area contributed by atoms with Crippen molar-refractivity contribution in [3.8, 4) is 23.0 Å². The molecular formula is C25H23NO7. The predicted octanol–water partition coefficient (Wildman–Crippen LogP) is 3.44. The maximum absolute atomic E-state index is 13.7. The Labute approximate surface area is 190 Å². The lowest BCUT2D eigenvalue weighted by molar-refractivity contribution is -0.105. The summed E-state index contributed by atoms with van der Waals surface area (Å²) in [5.41, 5.74) is 2.81. The summed E-state index contributed by atoms with van der Waals surface area (Å²) in [6.07, 6.45) is 2.90. The average Bonchev–Trinajstić information content (AvgIpc) is 3.41. The number of benzene rings is 2. The molecule has 0 unspecified atom stereocenters. The van der Waals surface area contributed by atoms with Crippen LogP contribution in [0.3, 0.4) is 0 Å². The summed E-state index contributed by atoms with van der Waals surface area (Å²) in [5, 5.41) is 0. The second kappa shape index (κ2) is 7.95. The van der Waals surface area contributed by atoms with Crippen molar-refractivity contribution in [2.45, 2.75) is 25.3 Å². The van der Waals surface area contributed by atoms with Crippen molar-refractivity contribution in [3.63, 3.8) is 0 Å². The number of Topliss-reactive ketones (excluding diaryl/α,β-unsaturated/α-hetero) is 1. The molecule has 33 heavy (non-hydrogen) atoms. The molecule has 5 rings (SSSR count). The summed E-state index contributed by atoms with van der Waals surface area (Å²) in [6, 6.07) is 6.31. The van der Waals surface area contributed by atoms with Gasteiger partial charge in [0, 0.05) is 17.7 Å². The quantitative estimate of drug-likeness (QED) is 0.493. The molecule has 2 atom stereocenters. The van der Waals surface area contributed by atoms with Crippen LogP contribution in [0.25, 0.3) is 0 Å². The normalized spacial score (nSPS) is 20.3. The fourth-order valence-electron chi connectivity index (χ4n) is 4.95. The summed E-state index contributed by atoms with van der Waals surface area (Å²) in [7, 11) is 3.01. The minimum Gasteiger partial charge on any atom is -0.493 e. The van der Waals surface area contributed by atoms with Crippen LogP contribution in [0.2, 0.25) is 0 Å². The van der Waals surface area contributed by atoms with Crippen molar-refractivity contribution >= 4 is 18.0 Å². The number of hydrogen-bond donors (Lipinski definition) is 0. The molecule has 0 bridgehead atoms. The molecule has 2 heterocycles. The van der Waals surface area contributed by atoms with Gasteiger partial charge in [0.05, 0.1) is 26.2 Å². The Bertz CT molecular complexity index is 1220. The van der Waals surface area contributed by atoms with Crippen LogP contribution in [0.5, 0.6) is 23.0 Å². The highest BCUT2D eigenvalue weighted by molar-refractivity contribution is 6.11. The number of methoxy groups -OCH3 is 2. The molecular weight excluding hydrogens is 426 g/mol. The van der Waals surface area contributed by atoms with Crippen molar-refractivity contribution in [2.75, 3.05) is 27.6 Å². The lowest BCUT2D eigenvalue weighted by Crippen LogP contribution is -2.42. The van der Waals surface area contributed by atoms with E-state index >= 15 is 0 Å². The number of carbonyl (C=O) groups is 3. The van der Waals surface area contributed by atoms with Crippen LogP contribution in [-0.4, -0.2) is 50.4 Å². The number of ether oxygens (including phenoxy) is 4. The fraction of sp³-hybridized carbons (Fsp3) is 0.320. The van der Waals surface area contributed by atoms with E-state index in [9.17, 15) is 14.4 Å². The van der Waals surface area contributed by atoms with E-state index in [-0.39, 0.29) is 25.0 Å². The van der Waals surface area contributed by atoms with Gasteiger partial charge < -0.3 is 23.8 Å². The summed E-state index contributed by atoms with van der Waals surface area (Å²) in [6.45, 7) is 2.16. The Morgan fingerprint density at radius 3 is 2.39 bits per heavy atom. The Kier molecular flexibility index (Phi) is 5.08. The molecule has 8 heteroatoms. The molecule has 3 aliphatic rings. The molecule has 0 saturated carbocycles. The molecule has 1 aliphatic carbocycles. The van der Waals surface area contributed by atoms with Gasteiger partial charge in [0.1, 0.15) is 6.29 Å². The minimum atomic E-state index is -0.611. The van der Waals surface area contributed by atoms with Crippen molar-refractivity contribution in [1.82, 2.24) is 4.90 Å². The van der Waals surface area contributed by atoms with E-state index in [0.29, 0.717) is 51.7 Å². The minimum absolute atomic E-state index is 0.0903. The summed E-state index contributed by atoms with van der Waals surface area (Å²) >= 11 is 0. The number of nitrogens with zero attached hydrogens (tertiary/aromatic N) is 1. The van der Waals surface area contributed by atoms with Gasteiger partial charge in [-0.05, 0) is 54.3 Å². The van der Waals surface area contributed by atoms with Gasteiger partial charge in [0.15, 0.2) is 28.8 Å². The molecule has 170 valence electrons. The average molecular weight is 449 g/mol. The predicted molar refractivity (Wildman–Crippen MR) is 117 cm³/mol. The molecule has 0 radical (unpaired) electrons. The Morgan fingerprint density at radius 2 is 1.73 bits per heavy atom. The van der Waals surface area contributed by atoms with Crippen LogP contribution < -0.4 is 18.9 Å². The lowest BCUT2D eigenvalue weighted by atomic mass is 9.82. The van der Waals surface area contributed by atoms with Gasteiger partial charge in [-0.15, -0.1) is 0 Å². The molecule has 0 N–H and O–H groups in total. The van der Waals surface area contributed by atoms with Crippen LogP contribution in [0.15, 0.2) is 35.9 Å². The van der Waals surface area contributed by atoms with Gasteiger partial charge in [-0.1, -0.05) is 6.08 Å². The lowest BCUT2D eigenvalue weighted by Gasteiger charge is -2.39. The number of allylic oxidation sites excluding steroid dienone is 1. The zero-order chi connectivity index (χ0) is 23.3. The number of carbonyl (C=O) groups excluding carboxylic acids is 3. The van der Waals surface area contributed by atoms with Crippen LogP contribution in [0.4, 0.5) is 0 Å². The first-order valence-corrected chi connectivity index (χ1v) is 10.7. The smallest absolute Gasteiger partial charge is 0.254 e. The fourth-order valence-corrected chi connectivity index (χ4v) is 4.95. The van der Waals surface area contributed by atoms with E-state index < -0.39 is 12.0 Å². The molecule has 0 aromatic heterocycles. The van der Waals surface area contributed by atoms with E-state index in [4.69, 9.17) is 18.9 Å². The number of aldehydes is 1. The van der Waals surface area contributed by atoms with E-state index in [1.165, 1.54) is 14.2 Å². The Hall–Kier alpha value is -3.81. The van der Waals surface area contributed by atoms with E-state index in [2.05, 4.69) is 0 Å². The van der Waals surface area contributed by atoms with Gasteiger partial charge in [0.25, 0.3) is 5.91 Å². The topological polar surface area (TPSA) is 91.4 Å². The third-order valence-electron chi connectivity index (χ3n) is 6.61. The first-order valence-electron chi connectivity index (χ1n) is 10.7. The summed E-state index contributed by atoms with van der Waals surface area (Å²) in [4.78, 5) is 40.4. The third kappa shape index (κ3) is 3.08. The first-order chi connectivity index (χ1) is 16.0. The Balaban J connectivity index is 1.68. The molecule has 0 fully saturated rings. The maximum Gasteiger partial charge on any atom is 0.254 e. The second-order valence-electron chi connectivity index (χ2n) is 8.10. The molecule has 0 spiro atoms. The number of hydrogen-bond acceptors (Lipinski definition) is 7. The van der Waals surface area contributed by atoms with E-state index in [1.807, 2.05) is 0 Å². The van der Waals surface area contributed by atoms with Crippen molar-refractivity contribution < 1.29 is 33.3 Å². The van der Waals surface area contributed by atoms with E-state index in [0.717, 1.165) is 11.8 Å². The van der Waals surface area contributed by atoms with Gasteiger partial charge in [-0.2, -0.15) is 0 Å². The zero-order valence-electron chi connectivity index (χ0n) is 18.5. The largest absolute Gasteiger partial charge is 0.493 e. The SMILES string of the molecule is C/C=C(\C=O)CCN1C(=O)c2cc(OC)c(OC)cc2[C@H]2C(=O)c3cc4c(cc3[C@H]21)OCO4. The van der Waals surface area contributed by atoms with Gasteiger partial charge in [-0.3, -0.25) is 14.4 Å². The van der Waals surface area contributed by atoms with Crippen molar-refractivity contribution in [2.24, 2.45) is 0 Å². The zero-order valence-corrected chi connectivity index (χ0v) is 18.5. The number of ketones is 1. The van der Waals surface area contributed by atoms with Crippen LogP contribution in [-0.2, 0) is 4.79 Å². The highest BCUT2D eigenvalue weighted by atomic mass is 16.7. The van der Waals surface area contributed by atoms with Crippen LogP contribution >= 0.6 is 0 Å². The van der Waals surface area contributed by atoms with Crippen LogP contribution in [0, 0.1) is 0 Å². The second-order valence-corrected chi connectivity index (χ2v) is 8.10. The number of rotatable bonds is 6. The highest BCUT2D eigenvalue weighted by Crippen LogP contribution is 2.54. The molecule has 2 aromatic carbocycles. The number of fused-ring (bicyclic) bond motifs is 6. The van der Waals surface area contributed by atoms with E-state index in [1.54, 1.807) is 42.2 Å².